The molecule has 3 rings (SSSR count). The van der Waals surface area contributed by atoms with Gasteiger partial charge in [0.1, 0.15) is 12.4 Å². The van der Waals surface area contributed by atoms with E-state index in [9.17, 15) is 24.6 Å². The Hall–Kier alpha value is -2.23. The molecule has 3 heterocycles. The molecular formula is C19H24O9. The van der Waals surface area contributed by atoms with Gasteiger partial charge in [-0.05, 0) is 26.3 Å². The molecule has 3 aliphatic heterocycles. The lowest BCUT2D eigenvalue weighted by Crippen LogP contribution is -2.56. The second kappa shape index (κ2) is 6.68. The van der Waals surface area contributed by atoms with E-state index in [0.717, 1.165) is 0 Å². The maximum absolute atomic E-state index is 12.3. The minimum absolute atomic E-state index is 0.00696. The quantitative estimate of drug-likeness (QED) is 0.521. The first-order valence-electron chi connectivity index (χ1n) is 9.00. The normalized spacial score (nSPS) is 37.3. The number of fused-ring (bicyclic) bond motifs is 3. The van der Waals surface area contributed by atoms with Crippen molar-refractivity contribution in [2.24, 2.45) is 0 Å². The summed E-state index contributed by atoms with van der Waals surface area (Å²) in [4.78, 5) is 35.2. The van der Waals surface area contributed by atoms with Crippen LogP contribution in [0.5, 0.6) is 0 Å². The van der Waals surface area contributed by atoms with E-state index >= 15 is 0 Å². The Bertz CT molecular complexity index is 797. The number of aliphatic hydroxyl groups is 2. The Balaban J connectivity index is 2.12. The maximum atomic E-state index is 12.3. The van der Waals surface area contributed by atoms with Gasteiger partial charge in [0.2, 0.25) is 5.79 Å². The van der Waals surface area contributed by atoms with E-state index in [0.29, 0.717) is 6.42 Å². The van der Waals surface area contributed by atoms with E-state index in [-0.39, 0.29) is 36.4 Å². The number of aliphatic hydroxyl groups excluding tert-OH is 1. The molecule has 0 radical (unpaired) electrons. The summed E-state index contributed by atoms with van der Waals surface area (Å²) in [5.74, 6) is -3.75. The molecule has 9 heteroatoms. The van der Waals surface area contributed by atoms with Crippen LogP contribution < -0.4 is 0 Å². The van der Waals surface area contributed by atoms with Crippen LogP contribution >= 0.6 is 0 Å². The van der Waals surface area contributed by atoms with E-state index in [2.05, 4.69) is 0 Å². The Morgan fingerprint density at radius 1 is 1.25 bits per heavy atom. The molecule has 0 saturated carbocycles. The average Bonchev–Trinajstić information content (AvgIpc) is 3.01. The van der Waals surface area contributed by atoms with Crippen molar-refractivity contribution in [1.82, 2.24) is 0 Å². The second-order valence-corrected chi connectivity index (χ2v) is 7.81. The highest BCUT2D eigenvalue weighted by molar-refractivity contribution is 5.95. The first-order valence-corrected chi connectivity index (χ1v) is 9.00. The lowest BCUT2D eigenvalue weighted by molar-refractivity contribution is -0.302. The predicted octanol–water partition coefficient (Wildman–Crippen LogP) is 0.631. The van der Waals surface area contributed by atoms with E-state index in [4.69, 9.17) is 18.9 Å². The standard InChI is InChI=1S/C19H24O9/c1-10(20)25-9-12-15-13(22)7-18(4,27-11(2)21)19(24)6-5-17(3,28-19)8-14(15)26-16(12)23/h8,13,22,24H,5-7,9H2,1-4H3. The van der Waals surface area contributed by atoms with Gasteiger partial charge in [-0.2, -0.15) is 0 Å². The van der Waals surface area contributed by atoms with E-state index in [1.807, 2.05) is 0 Å². The summed E-state index contributed by atoms with van der Waals surface area (Å²) < 4.78 is 21.5. The molecule has 154 valence electrons. The fraction of sp³-hybridized carbons (Fsp3) is 0.632. The van der Waals surface area contributed by atoms with Crippen LogP contribution in [0.15, 0.2) is 23.0 Å². The zero-order valence-electron chi connectivity index (χ0n) is 16.2. The van der Waals surface area contributed by atoms with Gasteiger partial charge in [0.25, 0.3) is 0 Å². The molecule has 9 nitrogen and oxygen atoms in total. The van der Waals surface area contributed by atoms with Crippen molar-refractivity contribution in [2.45, 2.75) is 70.1 Å². The molecule has 0 amide bonds. The van der Waals surface area contributed by atoms with Crippen molar-refractivity contribution in [2.75, 3.05) is 6.61 Å². The van der Waals surface area contributed by atoms with E-state index < -0.39 is 41.0 Å². The number of hydrogen-bond acceptors (Lipinski definition) is 9. The number of carbonyl (C=O) groups is 3. The average molecular weight is 396 g/mol. The van der Waals surface area contributed by atoms with Gasteiger partial charge >= 0.3 is 17.9 Å². The van der Waals surface area contributed by atoms with Crippen molar-refractivity contribution < 1.29 is 43.5 Å². The third-order valence-corrected chi connectivity index (χ3v) is 5.37. The van der Waals surface area contributed by atoms with E-state index in [1.54, 1.807) is 6.92 Å². The van der Waals surface area contributed by atoms with Crippen LogP contribution in [-0.4, -0.2) is 57.8 Å². The smallest absolute Gasteiger partial charge is 0.343 e. The van der Waals surface area contributed by atoms with Crippen LogP contribution in [0.1, 0.15) is 47.0 Å². The third kappa shape index (κ3) is 3.45. The summed E-state index contributed by atoms with van der Waals surface area (Å²) in [6.45, 7) is 5.18. The van der Waals surface area contributed by atoms with Crippen LogP contribution in [-0.2, 0) is 33.3 Å². The molecule has 2 N–H and O–H groups in total. The number of hydrogen-bond donors (Lipinski definition) is 2. The number of carbonyl (C=O) groups excluding carboxylic acids is 3. The summed E-state index contributed by atoms with van der Waals surface area (Å²) in [6.07, 6.45) is 0.428. The zero-order chi connectivity index (χ0) is 20.9. The van der Waals surface area contributed by atoms with Gasteiger partial charge in [-0.25, -0.2) is 4.79 Å². The summed E-state index contributed by atoms with van der Waals surface area (Å²) in [6, 6.07) is 0. The molecule has 1 saturated heterocycles. The van der Waals surface area contributed by atoms with Gasteiger partial charge in [0.15, 0.2) is 5.60 Å². The van der Waals surface area contributed by atoms with Gasteiger partial charge < -0.3 is 29.2 Å². The van der Waals surface area contributed by atoms with Gasteiger partial charge in [0.05, 0.1) is 17.3 Å². The van der Waals surface area contributed by atoms with Crippen molar-refractivity contribution in [3.8, 4) is 0 Å². The topological polar surface area (TPSA) is 129 Å². The SMILES string of the molecule is CC(=O)OCC1=C2C(=CC3(C)CCC(O)(O3)C(C)(OC(C)=O)CC2O)OC1=O. The molecule has 28 heavy (non-hydrogen) atoms. The van der Waals surface area contributed by atoms with Crippen molar-refractivity contribution in [3.05, 3.63) is 23.0 Å². The molecule has 0 aliphatic carbocycles. The molecule has 3 aliphatic rings. The van der Waals surface area contributed by atoms with Gasteiger partial charge in [-0.3, -0.25) is 9.59 Å². The Labute approximate surface area is 161 Å². The summed E-state index contributed by atoms with van der Waals surface area (Å²) in [5, 5.41) is 22.0. The lowest BCUT2D eigenvalue weighted by Gasteiger charge is -2.42. The summed E-state index contributed by atoms with van der Waals surface area (Å²) in [7, 11) is 0. The Morgan fingerprint density at radius 2 is 1.93 bits per heavy atom. The zero-order valence-corrected chi connectivity index (χ0v) is 16.2. The number of rotatable bonds is 3. The number of esters is 3. The molecule has 0 aromatic carbocycles. The largest absolute Gasteiger partial charge is 0.461 e. The second-order valence-electron chi connectivity index (χ2n) is 7.81. The summed E-state index contributed by atoms with van der Waals surface area (Å²) in [5.41, 5.74) is -2.50. The molecular weight excluding hydrogens is 372 g/mol. The summed E-state index contributed by atoms with van der Waals surface area (Å²) >= 11 is 0. The highest BCUT2D eigenvalue weighted by Crippen LogP contribution is 2.50. The van der Waals surface area contributed by atoms with Crippen LogP contribution in [0.2, 0.25) is 0 Å². The van der Waals surface area contributed by atoms with Crippen molar-refractivity contribution in [1.29, 1.82) is 0 Å². The number of ether oxygens (including phenoxy) is 4. The van der Waals surface area contributed by atoms with Gasteiger partial charge in [-0.15, -0.1) is 0 Å². The highest BCUT2D eigenvalue weighted by atomic mass is 16.7. The molecule has 0 aromatic heterocycles. The molecule has 2 bridgehead atoms. The molecule has 4 unspecified atom stereocenters. The highest BCUT2D eigenvalue weighted by Gasteiger charge is 2.60. The Kier molecular flexibility index (Phi) is 4.89. The van der Waals surface area contributed by atoms with E-state index in [1.165, 1.54) is 26.8 Å². The molecule has 4 atom stereocenters. The molecule has 0 spiro atoms. The predicted molar refractivity (Wildman–Crippen MR) is 92.3 cm³/mol. The lowest BCUT2D eigenvalue weighted by atomic mass is 9.82. The van der Waals surface area contributed by atoms with Crippen molar-refractivity contribution >= 4 is 17.9 Å². The monoisotopic (exact) mass is 396 g/mol. The van der Waals surface area contributed by atoms with Gasteiger partial charge in [-0.1, -0.05) is 0 Å². The fourth-order valence-corrected chi connectivity index (χ4v) is 3.98. The molecule has 0 aromatic rings. The Morgan fingerprint density at radius 3 is 2.54 bits per heavy atom. The first-order chi connectivity index (χ1) is 12.9. The first kappa shape index (κ1) is 20.5. The van der Waals surface area contributed by atoms with Crippen LogP contribution in [0, 0.1) is 0 Å². The van der Waals surface area contributed by atoms with Crippen molar-refractivity contribution in [3.63, 3.8) is 0 Å². The minimum atomic E-state index is -1.84. The maximum Gasteiger partial charge on any atom is 0.343 e. The third-order valence-electron chi connectivity index (χ3n) is 5.37. The minimum Gasteiger partial charge on any atom is -0.461 e. The van der Waals surface area contributed by atoms with Crippen LogP contribution in [0.25, 0.3) is 0 Å². The molecule has 1 fully saturated rings. The van der Waals surface area contributed by atoms with Crippen LogP contribution in [0.4, 0.5) is 0 Å². The fourth-order valence-electron chi connectivity index (χ4n) is 3.98. The van der Waals surface area contributed by atoms with Gasteiger partial charge in [0, 0.05) is 32.3 Å². The van der Waals surface area contributed by atoms with Crippen LogP contribution in [0.3, 0.4) is 0 Å².